The molecule has 1 aliphatic rings. The van der Waals surface area contributed by atoms with Gasteiger partial charge in [0.15, 0.2) is 0 Å². The Bertz CT molecular complexity index is 743. The number of halogens is 2. The molecular formula is C19H19F2NO2. The highest BCUT2D eigenvalue weighted by Crippen LogP contribution is 2.31. The minimum absolute atomic E-state index is 0.241. The lowest BCUT2D eigenvalue weighted by molar-refractivity contribution is -0.0847. The Labute approximate surface area is 139 Å². The Morgan fingerprint density at radius 3 is 2.50 bits per heavy atom. The van der Waals surface area contributed by atoms with E-state index in [1.54, 1.807) is 23.1 Å². The van der Waals surface area contributed by atoms with Crippen LogP contribution in [0.3, 0.4) is 0 Å². The molecule has 1 heterocycles. The van der Waals surface area contributed by atoms with Crippen LogP contribution in [0, 0.1) is 11.6 Å². The summed E-state index contributed by atoms with van der Waals surface area (Å²) in [6, 6.07) is 11.7. The van der Waals surface area contributed by atoms with Gasteiger partial charge in [-0.3, -0.25) is 4.79 Å². The number of nitrogens with zero attached hydrogens (tertiary/aromatic N) is 1. The van der Waals surface area contributed by atoms with Crippen molar-refractivity contribution in [3.05, 3.63) is 71.3 Å². The second-order valence-corrected chi connectivity index (χ2v) is 6.59. The highest BCUT2D eigenvalue weighted by Gasteiger charge is 2.39. The van der Waals surface area contributed by atoms with Crippen LogP contribution in [0.5, 0.6) is 0 Å². The molecule has 0 radical (unpaired) electrons. The Hall–Kier alpha value is -2.27. The van der Waals surface area contributed by atoms with Crippen LogP contribution < -0.4 is 0 Å². The van der Waals surface area contributed by atoms with Crippen LogP contribution in [0.4, 0.5) is 8.78 Å². The van der Waals surface area contributed by atoms with Crippen molar-refractivity contribution >= 4 is 5.91 Å². The molecule has 126 valence electrons. The predicted octanol–water partition coefficient (Wildman–Crippen LogP) is 3.96. The minimum Gasteiger partial charge on any atom is -0.369 e. The van der Waals surface area contributed by atoms with E-state index in [-0.39, 0.29) is 17.8 Å². The molecule has 0 aliphatic carbocycles. The highest BCUT2D eigenvalue weighted by atomic mass is 19.1. The number of morpholine rings is 1. The van der Waals surface area contributed by atoms with Crippen molar-refractivity contribution in [2.75, 3.05) is 13.2 Å². The first-order chi connectivity index (χ1) is 11.4. The minimum atomic E-state index is -0.514. The molecule has 2 aromatic carbocycles. The van der Waals surface area contributed by atoms with E-state index in [0.29, 0.717) is 18.7 Å². The Kier molecular flexibility index (Phi) is 4.37. The third-order valence-corrected chi connectivity index (χ3v) is 4.28. The number of carbonyl (C=O) groups is 1. The van der Waals surface area contributed by atoms with Gasteiger partial charge in [0.25, 0.3) is 5.91 Å². The maximum atomic E-state index is 13.4. The summed E-state index contributed by atoms with van der Waals surface area (Å²) in [4.78, 5) is 14.5. The third kappa shape index (κ3) is 3.31. The SMILES string of the molecule is CC1(C)COC(c2ccc(F)cc2)CN1C(=O)c1cccc(F)c1. The lowest BCUT2D eigenvalue weighted by atomic mass is 9.96. The van der Waals surface area contributed by atoms with Gasteiger partial charge >= 0.3 is 0 Å². The van der Waals surface area contributed by atoms with Crippen molar-refractivity contribution in [2.24, 2.45) is 0 Å². The first-order valence-electron chi connectivity index (χ1n) is 7.81. The average Bonchev–Trinajstić information content (AvgIpc) is 2.55. The first-order valence-corrected chi connectivity index (χ1v) is 7.81. The van der Waals surface area contributed by atoms with Gasteiger partial charge in [0, 0.05) is 5.56 Å². The molecule has 0 aromatic heterocycles. The quantitative estimate of drug-likeness (QED) is 0.834. The van der Waals surface area contributed by atoms with Crippen LogP contribution in [0.2, 0.25) is 0 Å². The van der Waals surface area contributed by atoms with Crippen molar-refractivity contribution in [1.82, 2.24) is 4.90 Å². The van der Waals surface area contributed by atoms with E-state index in [1.165, 1.54) is 30.3 Å². The molecule has 5 heteroatoms. The Balaban J connectivity index is 1.86. The number of benzene rings is 2. The molecule has 24 heavy (non-hydrogen) atoms. The first kappa shape index (κ1) is 16.6. The zero-order chi connectivity index (χ0) is 17.3. The smallest absolute Gasteiger partial charge is 0.254 e. The molecule has 2 aromatic rings. The number of hydrogen-bond donors (Lipinski definition) is 0. The number of amides is 1. The average molecular weight is 331 g/mol. The molecule has 0 bridgehead atoms. The van der Waals surface area contributed by atoms with Gasteiger partial charge in [-0.25, -0.2) is 8.78 Å². The van der Waals surface area contributed by atoms with E-state index in [1.807, 2.05) is 13.8 Å². The summed E-state index contributed by atoms with van der Waals surface area (Å²) in [7, 11) is 0. The van der Waals surface area contributed by atoms with E-state index in [2.05, 4.69) is 0 Å². The molecule has 1 unspecified atom stereocenters. The Morgan fingerprint density at radius 2 is 1.83 bits per heavy atom. The van der Waals surface area contributed by atoms with Crippen LogP contribution in [0.25, 0.3) is 0 Å². The standard InChI is InChI=1S/C19H19F2NO2/c1-19(2)12-24-17(13-6-8-15(20)9-7-13)11-22(19)18(23)14-4-3-5-16(21)10-14/h3-10,17H,11-12H2,1-2H3. The monoisotopic (exact) mass is 331 g/mol. The van der Waals surface area contributed by atoms with Gasteiger partial charge < -0.3 is 9.64 Å². The summed E-state index contributed by atoms with van der Waals surface area (Å²) in [5.74, 6) is -1.00. The van der Waals surface area contributed by atoms with Crippen molar-refractivity contribution < 1.29 is 18.3 Å². The van der Waals surface area contributed by atoms with E-state index >= 15 is 0 Å². The summed E-state index contributed by atoms with van der Waals surface area (Å²) in [6.07, 6.45) is -0.337. The maximum Gasteiger partial charge on any atom is 0.254 e. The second-order valence-electron chi connectivity index (χ2n) is 6.59. The summed E-state index contributed by atoms with van der Waals surface area (Å²) >= 11 is 0. The van der Waals surface area contributed by atoms with Crippen molar-refractivity contribution in [1.29, 1.82) is 0 Å². The fraction of sp³-hybridized carbons (Fsp3) is 0.316. The van der Waals surface area contributed by atoms with Crippen LogP contribution in [0.1, 0.15) is 35.9 Å². The van der Waals surface area contributed by atoms with Crippen LogP contribution in [0.15, 0.2) is 48.5 Å². The molecule has 3 rings (SSSR count). The summed E-state index contributed by atoms with van der Waals surface area (Å²) in [5.41, 5.74) is 0.603. The fourth-order valence-electron chi connectivity index (χ4n) is 2.86. The van der Waals surface area contributed by atoms with Crippen molar-refractivity contribution in [2.45, 2.75) is 25.5 Å². The maximum absolute atomic E-state index is 13.4. The molecule has 3 nitrogen and oxygen atoms in total. The van der Waals surface area contributed by atoms with Gasteiger partial charge in [-0.15, -0.1) is 0 Å². The van der Waals surface area contributed by atoms with Crippen LogP contribution in [-0.4, -0.2) is 29.5 Å². The molecule has 0 spiro atoms. The zero-order valence-electron chi connectivity index (χ0n) is 13.6. The molecule has 1 atom stereocenters. The summed E-state index contributed by atoms with van der Waals surface area (Å²) < 4.78 is 32.4. The molecule has 1 fully saturated rings. The van der Waals surface area contributed by atoms with Crippen LogP contribution >= 0.6 is 0 Å². The van der Waals surface area contributed by atoms with Gasteiger partial charge in [0.05, 0.1) is 18.7 Å². The highest BCUT2D eigenvalue weighted by molar-refractivity contribution is 5.94. The second kappa shape index (κ2) is 6.32. The van der Waals surface area contributed by atoms with Gasteiger partial charge in [0.2, 0.25) is 0 Å². The third-order valence-electron chi connectivity index (χ3n) is 4.28. The number of ether oxygens (including phenoxy) is 1. The Morgan fingerprint density at radius 1 is 1.12 bits per heavy atom. The molecule has 1 saturated heterocycles. The molecule has 0 N–H and O–H groups in total. The normalized spacial score (nSPS) is 20.0. The molecule has 1 aliphatic heterocycles. The number of hydrogen-bond acceptors (Lipinski definition) is 2. The number of rotatable bonds is 2. The van der Waals surface area contributed by atoms with Gasteiger partial charge in [-0.1, -0.05) is 18.2 Å². The van der Waals surface area contributed by atoms with Crippen LogP contribution in [-0.2, 0) is 4.74 Å². The number of carbonyl (C=O) groups excluding carboxylic acids is 1. The molecule has 0 saturated carbocycles. The topological polar surface area (TPSA) is 29.5 Å². The van der Waals surface area contributed by atoms with Gasteiger partial charge in [-0.2, -0.15) is 0 Å². The van der Waals surface area contributed by atoms with E-state index < -0.39 is 11.4 Å². The lowest BCUT2D eigenvalue weighted by Crippen LogP contribution is -2.56. The van der Waals surface area contributed by atoms with Gasteiger partial charge in [-0.05, 0) is 49.7 Å². The van der Waals surface area contributed by atoms with Crippen molar-refractivity contribution in [3.8, 4) is 0 Å². The van der Waals surface area contributed by atoms with Gasteiger partial charge in [0.1, 0.15) is 17.7 Å². The van der Waals surface area contributed by atoms with E-state index in [9.17, 15) is 13.6 Å². The van der Waals surface area contributed by atoms with E-state index in [0.717, 1.165) is 5.56 Å². The van der Waals surface area contributed by atoms with E-state index in [4.69, 9.17) is 4.74 Å². The molecule has 1 amide bonds. The van der Waals surface area contributed by atoms with Crippen molar-refractivity contribution in [3.63, 3.8) is 0 Å². The fourth-order valence-corrected chi connectivity index (χ4v) is 2.86. The lowest BCUT2D eigenvalue weighted by Gasteiger charge is -2.45. The zero-order valence-corrected chi connectivity index (χ0v) is 13.6. The predicted molar refractivity (Wildman–Crippen MR) is 86.6 cm³/mol. The summed E-state index contributed by atoms with van der Waals surface area (Å²) in [5, 5.41) is 0. The largest absolute Gasteiger partial charge is 0.369 e. The molecular weight excluding hydrogens is 312 g/mol. The summed E-state index contributed by atoms with van der Waals surface area (Å²) in [6.45, 7) is 4.49.